The Labute approximate surface area is 97.8 Å². The molecule has 3 heteroatoms. The molecule has 0 fully saturated rings. The van der Waals surface area contributed by atoms with Crippen molar-refractivity contribution >= 4 is 17.7 Å². The fraction of sp³-hybridized carbons (Fsp3) is 0.917. The number of rotatable bonds is 9. The molecular weight excluding hydrogens is 208 g/mol. The minimum atomic E-state index is -0.663. The molecule has 1 atom stereocenters. The van der Waals surface area contributed by atoms with Crippen molar-refractivity contribution in [2.45, 2.75) is 58.1 Å². The summed E-state index contributed by atoms with van der Waals surface area (Å²) in [5.41, 5.74) is 0. The lowest BCUT2D eigenvalue weighted by molar-refractivity contribution is -0.137. The molecular formula is C12H24O2S. The Balaban J connectivity index is 3.50. The third kappa shape index (κ3) is 7.71. The second-order valence-corrected chi connectivity index (χ2v) is 5.54. The molecule has 0 aliphatic rings. The number of carbonyl (C=O) groups is 1. The average Bonchev–Trinajstić information content (AvgIpc) is 2.15. The quantitative estimate of drug-likeness (QED) is 0.614. The van der Waals surface area contributed by atoms with Crippen LogP contribution in [0.4, 0.5) is 0 Å². The number of aliphatic carboxylic acids is 1. The molecule has 0 aromatic heterocycles. The molecule has 0 aliphatic carbocycles. The highest BCUT2D eigenvalue weighted by atomic mass is 32.2. The van der Waals surface area contributed by atoms with E-state index in [0.717, 1.165) is 12.2 Å². The Morgan fingerprint density at radius 3 is 2.27 bits per heavy atom. The van der Waals surface area contributed by atoms with Crippen LogP contribution in [0.15, 0.2) is 0 Å². The van der Waals surface area contributed by atoms with Gasteiger partial charge >= 0.3 is 5.97 Å². The van der Waals surface area contributed by atoms with Crippen molar-refractivity contribution < 1.29 is 9.90 Å². The van der Waals surface area contributed by atoms with Gasteiger partial charge in [-0.15, -0.1) is 11.8 Å². The van der Waals surface area contributed by atoms with Crippen LogP contribution in [0.25, 0.3) is 0 Å². The van der Waals surface area contributed by atoms with E-state index in [1.165, 1.54) is 25.7 Å². The third-order valence-electron chi connectivity index (χ3n) is 2.39. The molecule has 0 aromatic rings. The van der Waals surface area contributed by atoms with Gasteiger partial charge in [-0.1, -0.05) is 46.5 Å². The van der Waals surface area contributed by atoms with E-state index in [2.05, 4.69) is 6.92 Å². The van der Waals surface area contributed by atoms with Crippen LogP contribution < -0.4 is 0 Å². The molecule has 15 heavy (non-hydrogen) atoms. The zero-order chi connectivity index (χ0) is 11.7. The molecule has 0 saturated carbocycles. The molecule has 2 nitrogen and oxygen atoms in total. The zero-order valence-electron chi connectivity index (χ0n) is 10.2. The van der Waals surface area contributed by atoms with E-state index in [1.54, 1.807) is 11.8 Å². The highest BCUT2D eigenvalue weighted by molar-refractivity contribution is 8.00. The molecule has 1 unspecified atom stereocenters. The first-order chi connectivity index (χ1) is 7.09. The topological polar surface area (TPSA) is 37.3 Å². The van der Waals surface area contributed by atoms with Crippen molar-refractivity contribution in [2.24, 2.45) is 5.92 Å². The van der Waals surface area contributed by atoms with Crippen LogP contribution in [0, 0.1) is 5.92 Å². The van der Waals surface area contributed by atoms with Crippen LogP contribution in [-0.2, 0) is 4.79 Å². The average molecular weight is 232 g/mol. The molecule has 0 heterocycles. The molecule has 0 saturated heterocycles. The van der Waals surface area contributed by atoms with Gasteiger partial charge in [0, 0.05) is 0 Å². The van der Waals surface area contributed by atoms with Crippen LogP contribution >= 0.6 is 11.8 Å². The number of hydrogen-bond acceptors (Lipinski definition) is 2. The largest absolute Gasteiger partial charge is 0.480 e. The van der Waals surface area contributed by atoms with Crippen LogP contribution in [-0.4, -0.2) is 22.1 Å². The fourth-order valence-electron chi connectivity index (χ4n) is 1.46. The van der Waals surface area contributed by atoms with E-state index in [9.17, 15) is 4.79 Å². The first-order valence-corrected chi connectivity index (χ1v) is 6.98. The fourth-order valence-corrected chi connectivity index (χ4v) is 2.62. The number of thioether (sulfide) groups is 1. The second kappa shape index (κ2) is 9.08. The first kappa shape index (κ1) is 14.8. The van der Waals surface area contributed by atoms with Gasteiger partial charge in [0.15, 0.2) is 0 Å². The molecule has 0 rings (SSSR count). The number of carboxylic acid groups (broad SMARTS) is 1. The normalized spacial score (nSPS) is 13.1. The Bertz CT molecular complexity index is 169. The molecule has 0 aliphatic heterocycles. The maximum absolute atomic E-state index is 10.9. The summed E-state index contributed by atoms with van der Waals surface area (Å²) >= 11 is 1.60. The lowest BCUT2D eigenvalue weighted by Crippen LogP contribution is -2.22. The van der Waals surface area contributed by atoms with Crippen LogP contribution in [0.2, 0.25) is 0 Å². The van der Waals surface area contributed by atoms with Crippen molar-refractivity contribution in [3.8, 4) is 0 Å². The monoisotopic (exact) mass is 232 g/mol. The van der Waals surface area contributed by atoms with Gasteiger partial charge in [0.1, 0.15) is 5.25 Å². The maximum Gasteiger partial charge on any atom is 0.316 e. The van der Waals surface area contributed by atoms with Crippen LogP contribution in [0.1, 0.15) is 52.9 Å². The molecule has 0 aromatic carbocycles. The van der Waals surface area contributed by atoms with Gasteiger partial charge in [0.2, 0.25) is 0 Å². The molecule has 0 spiro atoms. The second-order valence-electron chi connectivity index (χ2n) is 4.29. The maximum atomic E-state index is 10.9. The Morgan fingerprint density at radius 2 is 1.80 bits per heavy atom. The summed E-state index contributed by atoms with van der Waals surface area (Å²) in [6, 6.07) is 0. The van der Waals surface area contributed by atoms with E-state index < -0.39 is 5.97 Å². The minimum absolute atomic E-state index is 0.225. The summed E-state index contributed by atoms with van der Waals surface area (Å²) in [6.07, 6.45) is 6.25. The Morgan fingerprint density at radius 1 is 1.20 bits per heavy atom. The SMILES string of the molecule is CCCCCCCSC(C(=O)O)C(C)C. The molecule has 0 amide bonds. The van der Waals surface area contributed by atoms with E-state index in [-0.39, 0.29) is 11.2 Å². The standard InChI is InChI=1S/C12H24O2S/c1-4-5-6-7-8-9-15-11(10(2)3)12(13)14/h10-11H,4-9H2,1-3H3,(H,13,14). The molecule has 0 bridgehead atoms. The van der Waals surface area contributed by atoms with Gasteiger partial charge in [-0.05, 0) is 18.1 Å². The Kier molecular flexibility index (Phi) is 8.97. The van der Waals surface area contributed by atoms with Crippen molar-refractivity contribution in [1.29, 1.82) is 0 Å². The number of unbranched alkanes of at least 4 members (excludes halogenated alkanes) is 4. The number of carboxylic acids is 1. The third-order valence-corrected chi connectivity index (χ3v) is 4.02. The summed E-state index contributed by atoms with van der Waals surface area (Å²) in [5.74, 6) is 0.547. The van der Waals surface area contributed by atoms with E-state index in [0.29, 0.717) is 0 Å². The van der Waals surface area contributed by atoms with Gasteiger partial charge in [-0.3, -0.25) is 4.79 Å². The Hall–Kier alpha value is -0.180. The lowest BCUT2D eigenvalue weighted by atomic mass is 10.1. The summed E-state index contributed by atoms with van der Waals surface area (Å²) < 4.78 is 0. The lowest BCUT2D eigenvalue weighted by Gasteiger charge is -2.15. The van der Waals surface area contributed by atoms with Crippen molar-refractivity contribution in [1.82, 2.24) is 0 Å². The van der Waals surface area contributed by atoms with Crippen molar-refractivity contribution in [3.63, 3.8) is 0 Å². The molecule has 0 radical (unpaired) electrons. The predicted molar refractivity (Wildman–Crippen MR) is 67.5 cm³/mol. The smallest absolute Gasteiger partial charge is 0.316 e. The van der Waals surface area contributed by atoms with Gasteiger partial charge in [-0.25, -0.2) is 0 Å². The minimum Gasteiger partial charge on any atom is -0.480 e. The van der Waals surface area contributed by atoms with Gasteiger partial charge in [-0.2, -0.15) is 0 Å². The highest BCUT2D eigenvalue weighted by Crippen LogP contribution is 2.21. The van der Waals surface area contributed by atoms with Gasteiger partial charge in [0.25, 0.3) is 0 Å². The van der Waals surface area contributed by atoms with Crippen LogP contribution in [0.5, 0.6) is 0 Å². The summed E-state index contributed by atoms with van der Waals surface area (Å²) in [5, 5.41) is 8.74. The van der Waals surface area contributed by atoms with Crippen molar-refractivity contribution in [2.75, 3.05) is 5.75 Å². The van der Waals surface area contributed by atoms with E-state index in [4.69, 9.17) is 5.11 Å². The first-order valence-electron chi connectivity index (χ1n) is 5.94. The predicted octanol–water partition coefficient (Wildman–Crippen LogP) is 3.80. The molecule has 1 N–H and O–H groups in total. The van der Waals surface area contributed by atoms with Crippen LogP contribution in [0.3, 0.4) is 0 Å². The van der Waals surface area contributed by atoms with Crippen molar-refractivity contribution in [3.05, 3.63) is 0 Å². The summed E-state index contributed by atoms with van der Waals surface area (Å²) in [7, 11) is 0. The highest BCUT2D eigenvalue weighted by Gasteiger charge is 2.20. The van der Waals surface area contributed by atoms with Gasteiger partial charge in [0.05, 0.1) is 0 Å². The summed E-state index contributed by atoms with van der Waals surface area (Å²) in [4.78, 5) is 10.9. The van der Waals surface area contributed by atoms with E-state index in [1.807, 2.05) is 13.8 Å². The van der Waals surface area contributed by atoms with E-state index >= 15 is 0 Å². The molecule has 90 valence electrons. The zero-order valence-corrected chi connectivity index (χ0v) is 11.0. The summed E-state index contributed by atoms with van der Waals surface area (Å²) in [6.45, 7) is 6.15. The van der Waals surface area contributed by atoms with Gasteiger partial charge < -0.3 is 5.11 Å². The number of hydrogen-bond donors (Lipinski definition) is 1.